The molecule has 0 aromatic heterocycles. The highest BCUT2D eigenvalue weighted by atomic mass is 35.5. The van der Waals surface area contributed by atoms with Gasteiger partial charge in [0.05, 0.1) is 29.3 Å². The molecule has 1 aliphatic heterocycles. The van der Waals surface area contributed by atoms with Crippen molar-refractivity contribution in [3.05, 3.63) is 28.8 Å². The number of nitrogens with two attached hydrogens (primary N) is 1. The van der Waals surface area contributed by atoms with Gasteiger partial charge >= 0.3 is 5.97 Å². The van der Waals surface area contributed by atoms with Crippen LogP contribution < -0.4 is 11.1 Å². The van der Waals surface area contributed by atoms with Crippen molar-refractivity contribution < 1.29 is 19.4 Å². The molecule has 1 saturated heterocycles. The first-order chi connectivity index (χ1) is 9.36. The maximum atomic E-state index is 12.3. The summed E-state index contributed by atoms with van der Waals surface area (Å²) in [5.74, 6) is -1.59. The fourth-order valence-corrected chi connectivity index (χ4v) is 2.29. The number of anilines is 1. The van der Waals surface area contributed by atoms with Crippen LogP contribution in [-0.4, -0.2) is 36.2 Å². The van der Waals surface area contributed by atoms with Crippen molar-refractivity contribution in [1.29, 1.82) is 0 Å². The van der Waals surface area contributed by atoms with Gasteiger partial charge in [0, 0.05) is 6.04 Å². The average Bonchev–Trinajstić information content (AvgIpc) is 2.70. The van der Waals surface area contributed by atoms with Gasteiger partial charge in [0.15, 0.2) is 0 Å². The summed E-state index contributed by atoms with van der Waals surface area (Å²) in [6.07, 6.45) is 0. The SMILES string of the molecule is CC1(C(=O)Nc2cccc(Cl)c2C(=O)O)COCC1N. The summed E-state index contributed by atoms with van der Waals surface area (Å²) in [7, 11) is 0. The van der Waals surface area contributed by atoms with Crippen LogP contribution in [0.2, 0.25) is 5.02 Å². The van der Waals surface area contributed by atoms with Crippen molar-refractivity contribution in [2.75, 3.05) is 18.5 Å². The number of ether oxygens (including phenoxy) is 1. The number of halogens is 1. The molecule has 1 aromatic carbocycles. The summed E-state index contributed by atoms with van der Waals surface area (Å²) in [5, 5.41) is 11.8. The number of benzene rings is 1. The predicted molar refractivity (Wildman–Crippen MR) is 73.9 cm³/mol. The zero-order valence-electron chi connectivity index (χ0n) is 10.9. The van der Waals surface area contributed by atoms with Gasteiger partial charge in [0.1, 0.15) is 5.56 Å². The molecular formula is C13H15ClN2O4. The lowest BCUT2D eigenvalue weighted by molar-refractivity contribution is -0.125. The second kappa shape index (κ2) is 5.40. The Morgan fingerprint density at radius 2 is 2.25 bits per heavy atom. The fraction of sp³-hybridized carbons (Fsp3) is 0.385. The summed E-state index contributed by atoms with van der Waals surface area (Å²) in [6.45, 7) is 2.18. The van der Waals surface area contributed by atoms with Gasteiger partial charge in [0.25, 0.3) is 0 Å². The third-order valence-electron chi connectivity index (χ3n) is 3.51. The van der Waals surface area contributed by atoms with Gasteiger partial charge in [-0.25, -0.2) is 4.79 Å². The lowest BCUT2D eigenvalue weighted by Gasteiger charge is -2.25. The van der Waals surface area contributed by atoms with Gasteiger partial charge in [-0.05, 0) is 19.1 Å². The molecule has 1 amide bonds. The number of carbonyl (C=O) groups excluding carboxylic acids is 1. The molecule has 2 atom stereocenters. The zero-order chi connectivity index (χ0) is 14.9. The van der Waals surface area contributed by atoms with Crippen LogP contribution in [0, 0.1) is 5.41 Å². The van der Waals surface area contributed by atoms with E-state index in [9.17, 15) is 9.59 Å². The van der Waals surface area contributed by atoms with E-state index in [0.29, 0.717) is 6.61 Å². The first-order valence-corrected chi connectivity index (χ1v) is 6.40. The second-order valence-electron chi connectivity index (χ2n) is 4.96. The summed E-state index contributed by atoms with van der Waals surface area (Å²) < 4.78 is 5.20. The van der Waals surface area contributed by atoms with Crippen LogP contribution in [0.4, 0.5) is 5.69 Å². The Morgan fingerprint density at radius 3 is 2.80 bits per heavy atom. The maximum Gasteiger partial charge on any atom is 0.339 e. The van der Waals surface area contributed by atoms with E-state index in [4.69, 9.17) is 27.2 Å². The molecule has 0 aliphatic carbocycles. The minimum Gasteiger partial charge on any atom is -0.478 e. The Bertz CT molecular complexity index is 563. The Balaban J connectivity index is 2.29. The van der Waals surface area contributed by atoms with Crippen molar-refractivity contribution >= 4 is 29.2 Å². The van der Waals surface area contributed by atoms with Gasteiger partial charge < -0.3 is 20.9 Å². The lowest BCUT2D eigenvalue weighted by atomic mass is 9.84. The third-order valence-corrected chi connectivity index (χ3v) is 3.83. The first-order valence-electron chi connectivity index (χ1n) is 6.03. The van der Waals surface area contributed by atoms with Gasteiger partial charge in [-0.3, -0.25) is 4.79 Å². The molecule has 6 nitrogen and oxygen atoms in total. The van der Waals surface area contributed by atoms with Gasteiger partial charge in [0.2, 0.25) is 5.91 Å². The summed E-state index contributed by atoms with van der Waals surface area (Å²) in [5.41, 5.74) is 4.98. The topological polar surface area (TPSA) is 102 Å². The van der Waals surface area contributed by atoms with Crippen LogP contribution in [0.5, 0.6) is 0 Å². The van der Waals surface area contributed by atoms with Gasteiger partial charge in [-0.2, -0.15) is 0 Å². The van der Waals surface area contributed by atoms with Crippen LogP contribution in [-0.2, 0) is 9.53 Å². The smallest absolute Gasteiger partial charge is 0.339 e. The summed E-state index contributed by atoms with van der Waals surface area (Å²) in [4.78, 5) is 23.5. The minimum atomic E-state index is -1.21. The summed E-state index contributed by atoms with van der Waals surface area (Å²) in [6, 6.07) is 4.07. The van der Waals surface area contributed by atoms with Crippen LogP contribution in [0.25, 0.3) is 0 Å². The molecule has 2 unspecified atom stereocenters. The summed E-state index contributed by atoms with van der Waals surface area (Å²) >= 11 is 5.85. The molecule has 1 heterocycles. The van der Waals surface area contributed by atoms with Crippen LogP contribution >= 0.6 is 11.6 Å². The number of hydrogen-bond donors (Lipinski definition) is 3. The average molecular weight is 299 g/mol. The highest BCUT2D eigenvalue weighted by Crippen LogP contribution is 2.31. The lowest BCUT2D eigenvalue weighted by Crippen LogP contribution is -2.47. The van der Waals surface area contributed by atoms with E-state index in [1.807, 2.05) is 0 Å². The molecule has 2 rings (SSSR count). The number of aromatic carboxylic acids is 1. The Hall–Kier alpha value is -1.63. The molecule has 1 aliphatic rings. The highest BCUT2D eigenvalue weighted by Gasteiger charge is 2.44. The normalized spacial score (nSPS) is 25.4. The van der Waals surface area contributed by atoms with Crippen molar-refractivity contribution in [2.45, 2.75) is 13.0 Å². The molecule has 1 aromatic rings. The molecule has 108 valence electrons. The molecule has 20 heavy (non-hydrogen) atoms. The Morgan fingerprint density at radius 1 is 1.55 bits per heavy atom. The molecule has 0 saturated carbocycles. The Kier molecular flexibility index (Phi) is 3.99. The minimum absolute atomic E-state index is 0.0624. The molecule has 1 fully saturated rings. The number of carbonyl (C=O) groups is 2. The monoisotopic (exact) mass is 298 g/mol. The van der Waals surface area contributed by atoms with Crippen molar-refractivity contribution in [2.24, 2.45) is 11.1 Å². The van der Waals surface area contributed by atoms with E-state index in [1.165, 1.54) is 12.1 Å². The first kappa shape index (κ1) is 14.8. The molecular weight excluding hydrogens is 284 g/mol. The van der Waals surface area contributed by atoms with E-state index in [1.54, 1.807) is 13.0 Å². The van der Waals surface area contributed by atoms with E-state index < -0.39 is 17.4 Å². The number of nitrogens with one attached hydrogen (secondary N) is 1. The molecule has 0 spiro atoms. The van der Waals surface area contributed by atoms with Crippen LogP contribution in [0.3, 0.4) is 0 Å². The largest absolute Gasteiger partial charge is 0.478 e. The van der Waals surface area contributed by atoms with Crippen LogP contribution in [0.15, 0.2) is 18.2 Å². The number of amides is 1. The number of carboxylic acids is 1. The van der Waals surface area contributed by atoms with E-state index in [0.717, 1.165) is 0 Å². The fourth-order valence-electron chi connectivity index (χ4n) is 2.03. The van der Waals surface area contributed by atoms with E-state index >= 15 is 0 Å². The van der Waals surface area contributed by atoms with E-state index in [-0.39, 0.29) is 28.8 Å². The molecule has 7 heteroatoms. The molecule has 0 bridgehead atoms. The van der Waals surface area contributed by atoms with Crippen LogP contribution in [0.1, 0.15) is 17.3 Å². The Labute approximate surface area is 120 Å². The number of carboxylic acid groups (broad SMARTS) is 1. The highest BCUT2D eigenvalue weighted by molar-refractivity contribution is 6.34. The standard InChI is InChI=1S/C13H15ClN2O4/c1-13(6-20-5-9(13)15)12(19)16-8-4-2-3-7(14)10(8)11(17)18/h2-4,9H,5-6,15H2,1H3,(H,16,19)(H,17,18). The predicted octanol–water partition coefficient (Wildman–Crippen LogP) is 1.34. The van der Waals surface area contributed by atoms with Crippen molar-refractivity contribution in [3.8, 4) is 0 Å². The van der Waals surface area contributed by atoms with Gasteiger partial charge in [-0.15, -0.1) is 0 Å². The number of hydrogen-bond acceptors (Lipinski definition) is 4. The van der Waals surface area contributed by atoms with Crippen molar-refractivity contribution in [1.82, 2.24) is 0 Å². The van der Waals surface area contributed by atoms with Gasteiger partial charge in [-0.1, -0.05) is 17.7 Å². The van der Waals surface area contributed by atoms with Crippen molar-refractivity contribution in [3.63, 3.8) is 0 Å². The zero-order valence-corrected chi connectivity index (χ0v) is 11.6. The number of rotatable bonds is 3. The molecule has 0 radical (unpaired) electrons. The quantitative estimate of drug-likeness (QED) is 0.781. The van der Waals surface area contributed by atoms with E-state index in [2.05, 4.69) is 5.32 Å². The second-order valence-corrected chi connectivity index (χ2v) is 5.37. The third kappa shape index (κ3) is 2.49. The maximum absolute atomic E-state index is 12.3. The molecule has 4 N–H and O–H groups in total.